The normalized spacial score (nSPS) is 11.1. The lowest BCUT2D eigenvalue weighted by Gasteiger charge is -2.15. The van der Waals surface area contributed by atoms with E-state index in [1.54, 1.807) is 16.9 Å². The molecule has 1 aromatic heterocycles. The monoisotopic (exact) mass is 328 g/mol. The van der Waals surface area contributed by atoms with E-state index in [0.717, 1.165) is 11.3 Å². The number of benzene rings is 1. The number of aryl methyl sites for hydroxylation is 1. The van der Waals surface area contributed by atoms with E-state index in [2.05, 4.69) is 29.5 Å². The average molecular weight is 329 g/mol. The standard InChI is InChI=1S/C14H18Cl2N4O/c1-9(2)17-6-10-4-11(15)5-13(16)14(10)21-8-12-7-20(3)19-18-12/h4-5,7,9,17H,6,8H2,1-3H3. The second-order valence-electron chi connectivity index (χ2n) is 5.08. The molecule has 0 radical (unpaired) electrons. The molecule has 2 aromatic rings. The van der Waals surface area contributed by atoms with Crippen LogP contribution in [0.3, 0.4) is 0 Å². The predicted octanol–water partition coefficient (Wildman–Crippen LogP) is 3.20. The first-order valence-corrected chi connectivity index (χ1v) is 7.40. The lowest BCUT2D eigenvalue weighted by atomic mass is 10.2. The zero-order valence-corrected chi connectivity index (χ0v) is 13.7. The first-order chi connectivity index (χ1) is 9.95. The van der Waals surface area contributed by atoms with Crippen molar-refractivity contribution in [1.82, 2.24) is 20.3 Å². The van der Waals surface area contributed by atoms with Crippen molar-refractivity contribution in [2.45, 2.75) is 33.0 Å². The Labute approximate surface area is 134 Å². The highest BCUT2D eigenvalue weighted by molar-refractivity contribution is 6.35. The van der Waals surface area contributed by atoms with Crippen LogP contribution in [-0.4, -0.2) is 21.0 Å². The van der Waals surface area contributed by atoms with Crippen molar-refractivity contribution in [2.75, 3.05) is 0 Å². The largest absolute Gasteiger partial charge is 0.485 e. The Morgan fingerprint density at radius 2 is 2.10 bits per heavy atom. The maximum Gasteiger partial charge on any atom is 0.143 e. The number of aromatic nitrogens is 3. The van der Waals surface area contributed by atoms with Gasteiger partial charge in [0.15, 0.2) is 0 Å². The molecule has 7 heteroatoms. The van der Waals surface area contributed by atoms with E-state index in [1.807, 2.05) is 13.1 Å². The summed E-state index contributed by atoms with van der Waals surface area (Å²) in [6.45, 7) is 5.09. The number of rotatable bonds is 6. The van der Waals surface area contributed by atoms with Gasteiger partial charge in [-0.1, -0.05) is 42.3 Å². The van der Waals surface area contributed by atoms with Crippen molar-refractivity contribution in [1.29, 1.82) is 0 Å². The molecule has 0 fully saturated rings. The molecule has 1 N–H and O–H groups in total. The maximum atomic E-state index is 6.24. The fourth-order valence-electron chi connectivity index (χ4n) is 1.83. The quantitative estimate of drug-likeness (QED) is 0.884. The van der Waals surface area contributed by atoms with Gasteiger partial charge in [0.25, 0.3) is 0 Å². The van der Waals surface area contributed by atoms with Gasteiger partial charge in [-0.25, -0.2) is 0 Å². The smallest absolute Gasteiger partial charge is 0.143 e. The van der Waals surface area contributed by atoms with Crippen molar-refractivity contribution in [3.63, 3.8) is 0 Å². The zero-order chi connectivity index (χ0) is 15.4. The molecule has 0 atom stereocenters. The Kier molecular flexibility index (Phi) is 5.45. The van der Waals surface area contributed by atoms with Crippen LogP contribution in [-0.2, 0) is 20.2 Å². The lowest BCUT2D eigenvalue weighted by molar-refractivity contribution is 0.297. The van der Waals surface area contributed by atoms with Gasteiger partial charge in [0.2, 0.25) is 0 Å². The average Bonchev–Trinajstić information content (AvgIpc) is 2.80. The number of nitrogens with one attached hydrogen (secondary N) is 1. The van der Waals surface area contributed by atoms with Crippen molar-refractivity contribution in [3.05, 3.63) is 39.6 Å². The van der Waals surface area contributed by atoms with Gasteiger partial charge in [-0.3, -0.25) is 4.68 Å². The van der Waals surface area contributed by atoms with E-state index < -0.39 is 0 Å². The van der Waals surface area contributed by atoms with E-state index in [9.17, 15) is 0 Å². The fourth-order valence-corrected chi connectivity index (χ4v) is 2.42. The molecule has 5 nitrogen and oxygen atoms in total. The molecular weight excluding hydrogens is 311 g/mol. The Hall–Kier alpha value is -1.30. The first-order valence-electron chi connectivity index (χ1n) is 6.65. The molecule has 0 aliphatic carbocycles. The highest BCUT2D eigenvalue weighted by Gasteiger charge is 2.12. The molecule has 0 aliphatic heterocycles. The topological polar surface area (TPSA) is 52.0 Å². The van der Waals surface area contributed by atoms with Gasteiger partial charge in [0.1, 0.15) is 18.1 Å². The fraction of sp³-hybridized carbons (Fsp3) is 0.429. The summed E-state index contributed by atoms with van der Waals surface area (Å²) in [5.41, 5.74) is 1.66. The summed E-state index contributed by atoms with van der Waals surface area (Å²) >= 11 is 12.3. The van der Waals surface area contributed by atoms with Crippen molar-refractivity contribution >= 4 is 23.2 Å². The van der Waals surface area contributed by atoms with Gasteiger partial charge in [-0.15, -0.1) is 5.10 Å². The van der Waals surface area contributed by atoms with Crippen LogP contribution in [0.2, 0.25) is 10.0 Å². The van der Waals surface area contributed by atoms with Crippen LogP contribution in [0.4, 0.5) is 0 Å². The first kappa shape index (κ1) is 16.1. The maximum absolute atomic E-state index is 6.24. The molecule has 1 heterocycles. The number of ether oxygens (including phenoxy) is 1. The summed E-state index contributed by atoms with van der Waals surface area (Å²) in [4.78, 5) is 0. The molecule has 0 amide bonds. The minimum absolute atomic E-state index is 0.309. The van der Waals surface area contributed by atoms with Crippen LogP contribution in [0.5, 0.6) is 5.75 Å². The summed E-state index contributed by atoms with van der Waals surface area (Å²) in [5.74, 6) is 0.625. The Bertz CT molecular complexity index is 613. The molecule has 0 saturated carbocycles. The molecular formula is C14H18Cl2N4O. The van der Waals surface area contributed by atoms with E-state index in [-0.39, 0.29) is 0 Å². The van der Waals surface area contributed by atoms with Gasteiger partial charge in [-0.2, -0.15) is 0 Å². The molecule has 0 aliphatic rings. The van der Waals surface area contributed by atoms with Crippen LogP contribution in [0.1, 0.15) is 25.1 Å². The Morgan fingerprint density at radius 3 is 2.71 bits per heavy atom. The third kappa shape index (κ3) is 4.59. The number of halogens is 2. The SMILES string of the molecule is CC(C)NCc1cc(Cl)cc(Cl)c1OCc1cn(C)nn1. The minimum atomic E-state index is 0.309. The molecule has 0 bridgehead atoms. The van der Waals surface area contributed by atoms with Gasteiger partial charge in [0.05, 0.1) is 11.2 Å². The number of hydrogen-bond donors (Lipinski definition) is 1. The van der Waals surface area contributed by atoms with Crippen LogP contribution < -0.4 is 10.1 Å². The van der Waals surface area contributed by atoms with E-state index in [4.69, 9.17) is 27.9 Å². The molecule has 114 valence electrons. The van der Waals surface area contributed by atoms with Gasteiger partial charge < -0.3 is 10.1 Å². The van der Waals surface area contributed by atoms with Crippen molar-refractivity contribution < 1.29 is 4.74 Å². The molecule has 1 aromatic carbocycles. The Morgan fingerprint density at radius 1 is 1.33 bits per heavy atom. The van der Waals surface area contributed by atoms with Crippen molar-refractivity contribution in [3.8, 4) is 5.75 Å². The second kappa shape index (κ2) is 7.11. The van der Waals surface area contributed by atoms with Gasteiger partial charge >= 0.3 is 0 Å². The zero-order valence-electron chi connectivity index (χ0n) is 12.2. The van der Waals surface area contributed by atoms with Crippen LogP contribution in [0.25, 0.3) is 0 Å². The highest BCUT2D eigenvalue weighted by Crippen LogP contribution is 2.33. The molecule has 0 saturated heterocycles. The summed E-state index contributed by atoms with van der Waals surface area (Å²) in [7, 11) is 1.81. The van der Waals surface area contributed by atoms with Crippen LogP contribution in [0.15, 0.2) is 18.3 Å². The summed E-state index contributed by atoms with van der Waals surface area (Å²) < 4.78 is 7.44. The predicted molar refractivity (Wildman–Crippen MR) is 83.8 cm³/mol. The third-order valence-electron chi connectivity index (χ3n) is 2.80. The van der Waals surface area contributed by atoms with E-state index in [0.29, 0.717) is 35.0 Å². The molecule has 21 heavy (non-hydrogen) atoms. The summed E-state index contributed by atoms with van der Waals surface area (Å²) in [5, 5.41) is 12.3. The molecule has 0 unspecified atom stereocenters. The number of hydrogen-bond acceptors (Lipinski definition) is 4. The molecule has 0 spiro atoms. The van der Waals surface area contributed by atoms with Gasteiger partial charge in [0, 0.05) is 30.2 Å². The Balaban J connectivity index is 2.15. The highest BCUT2D eigenvalue weighted by atomic mass is 35.5. The molecule has 2 rings (SSSR count). The van der Waals surface area contributed by atoms with Crippen LogP contribution in [0, 0.1) is 0 Å². The minimum Gasteiger partial charge on any atom is -0.485 e. The number of nitrogens with zero attached hydrogens (tertiary/aromatic N) is 3. The van der Waals surface area contributed by atoms with Crippen molar-refractivity contribution in [2.24, 2.45) is 7.05 Å². The van der Waals surface area contributed by atoms with E-state index in [1.165, 1.54) is 0 Å². The van der Waals surface area contributed by atoms with E-state index >= 15 is 0 Å². The third-order valence-corrected chi connectivity index (χ3v) is 3.30. The van der Waals surface area contributed by atoms with Gasteiger partial charge in [-0.05, 0) is 12.1 Å². The second-order valence-corrected chi connectivity index (χ2v) is 5.93. The lowest BCUT2D eigenvalue weighted by Crippen LogP contribution is -2.22. The summed E-state index contributed by atoms with van der Waals surface area (Å²) in [6, 6.07) is 3.89. The van der Waals surface area contributed by atoms with Crippen LogP contribution >= 0.6 is 23.2 Å². The summed E-state index contributed by atoms with van der Waals surface area (Å²) in [6.07, 6.45) is 1.80.